The Morgan fingerprint density at radius 3 is 1.23 bits per heavy atom. The van der Waals surface area contributed by atoms with E-state index in [2.05, 4.69) is 13.8 Å². The van der Waals surface area contributed by atoms with Crippen LogP contribution in [0.25, 0.3) is 0 Å². The maximum Gasteiger partial charge on any atom is 0.303 e. The number of carbonyl (C=O) groups excluding carboxylic acids is 2. The molecule has 0 radical (unpaired) electrons. The van der Waals surface area contributed by atoms with Gasteiger partial charge in [0.05, 0.1) is 55.1 Å². The van der Waals surface area contributed by atoms with E-state index in [4.69, 9.17) is 33.9 Å². The monoisotopic (exact) mass is 688 g/mol. The summed E-state index contributed by atoms with van der Waals surface area (Å²) in [7, 11) is 0. The highest BCUT2D eigenvalue weighted by Gasteiger charge is 2.38. The standard InChI is InChI=1S/C37H68O11/c1-15-25(2)22-46-35(9,10)28(23-44-33(5,6)20-26(3)47-36(11,12)29(38)16-18-31(40)41)24-45-34(7,8)21-27(4)48-37(13,14)30(39)17-19-32(42)43/h25-28H,15-24H2,1-14H3,(H,40,41)(H,42,43). The predicted molar refractivity (Wildman–Crippen MR) is 185 cm³/mol. The molecule has 0 bridgehead atoms. The van der Waals surface area contributed by atoms with E-state index in [1.807, 2.05) is 55.4 Å². The number of ketones is 2. The molecular weight excluding hydrogens is 620 g/mol. The molecule has 0 saturated carbocycles. The summed E-state index contributed by atoms with van der Waals surface area (Å²) < 4.78 is 31.6. The Morgan fingerprint density at radius 1 is 0.562 bits per heavy atom. The van der Waals surface area contributed by atoms with E-state index in [0.29, 0.717) is 38.6 Å². The zero-order valence-corrected chi connectivity index (χ0v) is 32.4. The minimum absolute atomic E-state index is 0.0910. The fourth-order valence-corrected chi connectivity index (χ4v) is 5.46. The van der Waals surface area contributed by atoms with Gasteiger partial charge in [-0.1, -0.05) is 20.3 Å². The van der Waals surface area contributed by atoms with Crippen molar-refractivity contribution in [3.8, 4) is 0 Å². The summed E-state index contributed by atoms with van der Waals surface area (Å²) >= 11 is 0. The van der Waals surface area contributed by atoms with E-state index in [9.17, 15) is 19.2 Å². The number of carbonyl (C=O) groups is 4. The van der Waals surface area contributed by atoms with Crippen molar-refractivity contribution in [1.29, 1.82) is 0 Å². The topological polar surface area (TPSA) is 155 Å². The quantitative estimate of drug-likeness (QED) is 0.0912. The van der Waals surface area contributed by atoms with Gasteiger partial charge in [-0.05, 0) is 89.0 Å². The van der Waals surface area contributed by atoms with E-state index in [0.717, 1.165) is 6.42 Å². The fourth-order valence-electron chi connectivity index (χ4n) is 5.46. The molecule has 0 aliphatic rings. The first-order valence-electron chi connectivity index (χ1n) is 17.4. The Morgan fingerprint density at radius 2 is 0.917 bits per heavy atom. The molecule has 0 aromatic rings. The Kier molecular flexibility index (Phi) is 18.7. The summed E-state index contributed by atoms with van der Waals surface area (Å²) in [5, 5.41) is 17.9. The highest BCUT2D eigenvalue weighted by atomic mass is 16.5. The summed E-state index contributed by atoms with van der Waals surface area (Å²) in [5.74, 6) is -2.33. The van der Waals surface area contributed by atoms with Crippen LogP contribution in [0, 0.1) is 11.8 Å². The van der Waals surface area contributed by atoms with Crippen LogP contribution in [-0.2, 0) is 42.9 Å². The van der Waals surface area contributed by atoms with Crippen LogP contribution < -0.4 is 0 Å². The van der Waals surface area contributed by atoms with Crippen LogP contribution in [0.4, 0.5) is 0 Å². The number of carboxylic acids is 2. The normalized spacial score (nSPS) is 15.9. The van der Waals surface area contributed by atoms with Gasteiger partial charge in [-0.2, -0.15) is 0 Å². The lowest BCUT2D eigenvalue weighted by atomic mass is 9.90. The first kappa shape index (κ1) is 46.1. The number of ether oxygens (including phenoxy) is 5. The fraction of sp³-hybridized carbons (Fsp3) is 0.892. The van der Waals surface area contributed by atoms with Crippen molar-refractivity contribution in [1.82, 2.24) is 0 Å². The minimum Gasteiger partial charge on any atom is -0.481 e. The Balaban J connectivity index is 5.59. The van der Waals surface area contributed by atoms with Crippen LogP contribution in [0.15, 0.2) is 0 Å². The SMILES string of the molecule is CCC(C)COC(C)(C)C(COC(C)(C)CC(C)OC(C)(C)C(=O)CCC(=O)O)COC(C)(C)CC(C)OC(C)(C)C(=O)CCC(=O)O. The molecule has 0 aliphatic heterocycles. The summed E-state index contributed by atoms with van der Waals surface area (Å²) in [6.45, 7) is 27.9. The summed E-state index contributed by atoms with van der Waals surface area (Å²) in [6, 6.07) is 0. The molecule has 0 aromatic carbocycles. The number of aliphatic carboxylic acids is 2. The molecule has 11 heteroatoms. The van der Waals surface area contributed by atoms with Gasteiger partial charge < -0.3 is 33.9 Å². The average Bonchev–Trinajstić information content (AvgIpc) is 2.91. The van der Waals surface area contributed by atoms with Crippen molar-refractivity contribution < 1.29 is 53.1 Å². The van der Waals surface area contributed by atoms with Crippen molar-refractivity contribution in [2.24, 2.45) is 11.8 Å². The molecule has 11 nitrogen and oxygen atoms in total. The maximum absolute atomic E-state index is 12.6. The van der Waals surface area contributed by atoms with Crippen LogP contribution >= 0.6 is 0 Å². The maximum atomic E-state index is 12.6. The highest BCUT2D eigenvalue weighted by molar-refractivity contribution is 5.89. The van der Waals surface area contributed by atoms with E-state index < -0.39 is 39.9 Å². The first-order valence-corrected chi connectivity index (χ1v) is 17.4. The van der Waals surface area contributed by atoms with Gasteiger partial charge in [-0.25, -0.2) is 0 Å². The number of hydrogen-bond acceptors (Lipinski definition) is 9. The molecule has 0 rings (SSSR count). The lowest BCUT2D eigenvalue weighted by Gasteiger charge is -2.40. The molecule has 3 atom stereocenters. The molecule has 0 aliphatic carbocycles. The van der Waals surface area contributed by atoms with Crippen molar-refractivity contribution in [2.45, 2.75) is 182 Å². The molecule has 0 heterocycles. The Labute approximate surface area is 290 Å². The zero-order valence-electron chi connectivity index (χ0n) is 32.4. The molecule has 0 aromatic heterocycles. The van der Waals surface area contributed by atoms with Crippen LogP contribution in [0.2, 0.25) is 0 Å². The molecule has 0 amide bonds. The van der Waals surface area contributed by atoms with Gasteiger partial charge in [-0.3, -0.25) is 19.2 Å². The van der Waals surface area contributed by atoms with Crippen molar-refractivity contribution in [3.63, 3.8) is 0 Å². The number of carboxylic acid groups (broad SMARTS) is 2. The van der Waals surface area contributed by atoms with Crippen LogP contribution in [0.3, 0.4) is 0 Å². The van der Waals surface area contributed by atoms with Gasteiger partial charge in [-0.15, -0.1) is 0 Å². The molecular formula is C37H68O11. The number of rotatable bonds is 27. The van der Waals surface area contributed by atoms with Gasteiger partial charge in [0.1, 0.15) is 11.2 Å². The summed E-state index contributed by atoms with van der Waals surface area (Å²) in [5.41, 5.74) is -4.08. The van der Waals surface area contributed by atoms with Crippen LogP contribution in [0.5, 0.6) is 0 Å². The number of hydrogen-bond donors (Lipinski definition) is 2. The average molecular weight is 689 g/mol. The molecule has 2 N–H and O–H groups in total. The Bertz CT molecular complexity index is 960. The molecule has 0 spiro atoms. The largest absolute Gasteiger partial charge is 0.481 e. The second-order valence-corrected chi connectivity index (χ2v) is 16.2. The molecule has 48 heavy (non-hydrogen) atoms. The first-order chi connectivity index (χ1) is 21.6. The third kappa shape index (κ3) is 18.7. The molecule has 282 valence electrons. The van der Waals surface area contributed by atoms with E-state index >= 15 is 0 Å². The van der Waals surface area contributed by atoms with E-state index in [1.54, 1.807) is 27.7 Å². The Hall–Kier alpha value is -1.92. The van der Waals surface area contributed by atoms with Gasteiger partial charge in [0, 0.05) is 38.2 Å². The van der Waals surface area contributed by atoms with E-state index in [1.165, 1.54) is 0 Å². The molecule has 0 fully saturated rings. The zero-order chi connectivity index (χ0) is 37.7. The molecule has 0 saturated heterocycles. The van der Waals surface area contributed by atoms with Gasteiger partial charge in [0.15, 0.2) is 11.6 Å². The van der Waals surface area contributed by atoms with Gasteiger partial charge >= 0.3 is 11.9 Å². The third-order valence-corrected chi connectivity index (χ3v) is 8.80. The van der Waals surface area contributed by atoms with Crippen molar-refractivity contribution >= 4 is 23.5 Å². The van der Waals surface area contributed by atoms with E-state index in [-0.39, 0.29) is 55.4 Å². The molecule has 3 unspecified atom stereocenters. The van der Waals surface area contributed by atoms with Crippen molar-refractivity contribution in [2.75, 3.05) is 19.8 Å². The van der Waals surface area contributed by atoms with Crippen molar-refractivity contribution in [3.05, 3.63) is 0 Å². The smallest absolute Gasteiger partial charge is 0.303 e. The van der Waals surface area contributed by atoms with Crippen LogP contribution in [0.1, 0.15) is 142 Å². The number of Topliss-reactive ketones (excluding diaryl/α,β-unsaturated/α-hetero) is 2. The second kappa shape index (κ2) is 19.5. The lowest BCUT2D eigenvalue weighted by molar-refractivity contribution is -0.171. The summed E-state index contributed by atoms with van der Waals surface area (Å²) in [4.78, 5) is 47.1. The second-order valence-electron chi connectivity index (χ2n) is 16.2. The van der Waals surface area contributed by atoms with Crippen LogP contribution in [-0.4, -0.2) is 93.8 Å². The third-order valence-electron chi connectivity index (χ3n) is 8.80. The minimum atomic E-state index is -1.12. The highest BCUT2D eigenvalue weighted by Crippen LogP contribution is 2.31. The van der Waals surface area contributed by atoms with Gasteiger partial charge in [0.2, 0.25) is 0 Å². The lowest BCUT2D eigenvalue weighted by Crippen LogP contribution is -2.46. The summed E-state index contributed by atoms with van der Waals surface area (Å²) in [6.07, 6.45) is 0.649. The van der Waals surface area contributed by atoms with Gasteiger partial charge in [0.25, 0.3) is 0 Å². The predicted octanol–water partition coefficient (Wildman–Crippen LogP) is 7.05.